The molecule has 12 rings (SSSR count). The van der Waals surface area contributed by atoms with Gasteiger partial charge in [-0.3, -0.25) is 0 Å². The van der Waals surface area contributed by atoms with Crippen molar-refractivity contribution in [1.82, 2.24) is 4.57 Å². The summed E-state index contributed by atoms with van der Waals surface area (Å²) in [6, 6.07) is 65.0. The van der Waals surface area contributed by atoms with Crippen LogP contribution in [0.5, 0.6) is 0 Å². The van der Waals surface area contributed by atoms with E-state index in [9.17, 15) is 4.39 Å². The Balaban J connectivity index is 1.15. The highest BCUT2D eigenvalue weighted by atomic mass is 19.1. The third kappa shape index (κ3) is 5.14. The summed E-state index contributed by atoms with van der Waals surface area (Å²) >= 11 is 0. The second kappa shape index (κ2) is 13.4. The summed E-state index contributed by atoms with van der Waals surface area (Å²) in [5, 5.41) is 4.42. The molecule has 0 fully saturated rings. The molecule has 10 aromatic rings. The van der Waals surface area contributed by atoms with Crippen LogP contribution in [-0.2, 0) is 12.5 Å². The topological polar surface area (TPSA) is 11.4 Å². The van der Waals surface area contributed by atoms with Crippen molar-refractivity contribution < 1.29 is 8.78 Å². The van der Waals surface area contributed by atoms with Gasteiger partial charge >= 0.3 is 0 Å². The van der Waals surface area contributed by atoms with Crippen LogP contribution in [0.2, 0.25) is 0 Å². The largest absolute Gasteiger partial charge is 0.344 e. The van der Waals surface area contributed by atoms with Crippen molar-refractivity contribution in [3.63, 3.8) is 0 Å². The highest BCUT2D eigenvalue weighted by Crippen LogP contribution is 2.61. The monoisotopic (exact) mass is 789 g/mol. The number of hydrogen-bond donors (Lipinski definition) is 0. The summed E-state index contributed by atoms with van der Waals surface area (Å²) in [4.78, 5) is 4.22. The van der Waals surface area contributed by atoms with Gasteiger partial charge < -0.3 is 14.4 Å². The van der Waals surface area contributed by atoms with Crippen molar-refractivity contribution in [2.24, 2.45) is 7.05 Å². The number of para-hydroxylation sites is 3. The predicted molar refractivity (Wildman–Crippen MR) is 248 cm³/mol. The average Bonchev–Trinajstić information content (AvgIpc) is 3.93. The summed E-state index contributed by atoms with van der Waals surface area (Å²) in [5.74, 6) is -0.606. The van der Waals surface area contributed by atoms with E-state index >= 15 is 4.39 Å². The maximum Gasteiger partial charge on any atom is 0.147 e. The first kappa shape index (κ1) is 35.2. The Hall–Kier alpha value is -7.76. The number of benzene rings is 9. The number of aromatic nitrogens is 1. The van der Waals surface area contributed by atoms with Crippen molar-refractivity contribution in [1.29, 1.82) is 0 Å². The first-order valence-electron chi connectivity index (χ1n) is 20.6. The zero-order chi connectivity index (χ0) is 40.8. The van der Waals surface area contributed by atoms with Gasteiger partial charge in [-0.05, 0) is 118 Å². The number of hydrogen-bond acceptors (Lipinski definition) is 2. The van der Waals surface area contributed by atoms with Gasteiger partial charge in [0.1, 0.15) is 11.6 Å². The number of allylic oxidation sites excluding steroid dienone is 1. The lowest BCUT2D eigenvalue weighted by Gasteiger charge is -2.32. The minimum Gasteiger partial charge on any atom is -0.344 e. The molecule has 0 aliphatic heterocycles. The molecule has 9 aromatic carbocycles. The zero-order valence-corrected chi connectivity index (χ0v) is 33.2. The summed E-state index contributed by atoms with van der Waals surface area (Å²) < 4.78 is 33.7. The minimum absolute atomic E-state index is 0.297. The molecule has 1 atom stereocenters. The fraction of sp³-hybridized carbons (Fsp3) is 0.0357. The number of aryl methyl sites for hydroxylation is 1. The maximum absolute atomic E-state index is 16.5. The summed E-state index contributed by atoms with van der Waals surface area (Å²) in [5.41, 5.74) is 13.2. The Kier molecular flexibility index (Phi) is 7.72. The van der Waals surface area contributed by atoms with E-state index in [0.29, 0.717) is 5.69 Å². The molecule has 1 aromatic heterocycles. The number of rotatable bonds is 6. The van der Waals surface area contributed by atoms with E-state index in [4.69, 9.17) is 0 Å². The molecule has 1 unspecified atom stereocenters. The molecule has 61 heavy (non-hydrogen) atoms. The van der Waals surface area contributed by atoms with E-state index in [1.807, 2.05) is 36.4 Å². The normalized spacial score (nSPS) is 14.8. The smallest absolute Gasteiger partial charge is 0.147 e. The van der Waals surface area contributed by atoms with Crippen LogP contribution in [0.1, 0.15) is 22.3 Å². The molecule has 0 bridgehead atoms. The number of halogens is 2. The Morgan fingerprint density at radius 1 is 0.443 bits per heavy atom. The van der Waals surface area contributed by atoms with E-state index < -0.39 is 5.41 Å². The van der Waals surface area contributed by atoms with Gasteiger partial charge in [-0.15, -0.1) is 0 Å². The Bertz CT molecular complexity index is 3440. The molecular formula is C56H37F2N3. The summed E-state index contributed by atoms with van der Waals surface area (Å²) in [6.07, 6.45) is 4.58. The molecule has 2 aliphatic carbocycles. The predicted octanol–water partition coefficient (Wildman–Crippen LogP) is 15.0. The molecular weight excluding hydrogens is 753 g/mol. The molecule has 0 amide bonds. The molecule has 290 valence electrons. The Labute approximate surface area is 352 Å². The first-order valence-corrected chi connectivity index (χ1v) is 20.6. The van der Waals surface area contributed by atoms with E-state index in [0.717, 1.165) is 83.4 Å². The van der Waals surface area contributed by atoms with Crippen LogP contribution in [-0.4, -0.2) is 4.57 Å². The van der Waals surface area contributed by atoms with Gasteiger partial charge in [0.05, 0.1) is 22.3 Å². The van der Waals surface area contributed by atoms with Gasteiger partial charge in [-0.1, -0.05) is 127 Å². The van der Waals surface area contributed by atoms with Crippen molar-refractivity contribution >= 4 is 72.8 Å². The molecule has 0 N–H and O–H groups in total. The van der Waals surface area contributed by atoms with Crippen molar-refractivity contribution in [3.05, 3.63) is 234 Å². The molecule has 5 heteroatoms. The lowest BCUT2D eigenvalue weighted by molar-refractivity contribution is 0.628. The van der Waals surface area contributed by atoms with Crippen LogP contribution >= 0.6 is 0 Å². The highest BCUT2D eigenvalue weighted by Gasteiger charge is 2.47. The van der Waals surface area contributed by atoms with E-state index in [1.54, 1.807) is 24.3 Å². The van der Waals surface area contributed by atoms with Crippen molar-refractivity contribution in [3.8, 4) is 11.1 Å². The molecule has 2 aliphatic rings. The van der Waals surface area contributed by atoms with Gasteiger partial charge in [-0.2, -0.15) is 0 Å². The standard InChI is InChI=1S/C56H37F2N3/c1-59-51-24-11-8-19-42(51)44-28-26-41(34-53(44)59)61(52-25-12-10-23-50(52)58)54-35-49-55(45-21-7-6-20-43(45)54)46-29-27-40(33-48(46)56(49)31-30-36-14-5-9-22-47(36)56)60(38-16-3-2-4-17-38)39-18-13-15-37(57)32-39/h2-35H,1H3. The average molecular weight is 790 g/mol. The minimum atomic E-state index is -0.680. The number of fused-ring (bicyclic) bond motifs is 12. The van der Waals surface area contributed by atoms with Crippen LogP contribution in [0, 0.1) is 11.6 Å². The Morgan fingerprint density at radius 2 is 1.11 bits per heavy atom. The third-order valence-electron chi connectivity index (χ3n) is 12.9. The molecule has 3 nitrogen and oxygen atoms in total. The van der Waals surface area contributed by atoms with Gasteiger partial charge in [0, 0.05) is 51.5 Å². The highest BCUT2D eigenvalue weighted by molar-refractivity contribution is 6.13. The van der Waals surface area contributed by atoms with Gasteiger partial charge in [-0.25, -0.2) is 8.78 Å². The number of nitrogens with zero attached hydrogens (tertiary/aromatic N) is 3. The second-order valence-corrected chi connectivity index (χ2v) is 16.0. The zero-order valence-electron chi connectivity index (χ0n) is 33.2. The van der Waals surface area contributed by atoms with Gasteiger partial charge in [0.15, 0.2) is 0 Å². The van der Waals surface area contributed by atoms with Crippen LogP contribution < -0.4 is 9.80 Å². The summed E-state index contributed by atoms with van der Waals surface area (Å²) in [7, 11) is 2.10. The fourth-order valence-corrected chi connectivity index (χ4v) is 10.2. The first-order chi connectivity index (χ1) is 30.0. The third-order valence-corrected chi connectivity index (χ3v) is 12.9. The molecule has 1 heterocycles. The van der Waals surface area contributed by atoms with E-state index in [-0.39, 0.29) is 11.6 Å². The van der Waals surface area contributed by atoms with E-state index in [1.165, 1.54) is 17.0 Å². The Morgan fingerprint density at radius 3 is 1.97 bits per heavy atom. The molecule has 1 spiro atoms. The van der Waals surface area contributed by atoms with Gasteiger partial charge in [0.25, 0.3) is 0 Å². The number of anilines is 6. The molecule has 0 radical (unpaired) electrons. The van der Waals surface area contributed by atoms with Crippen LogP contribution in [0.25, 0.3) is 49.8 Å². The van der Waals surface area contributed by atoms with Crippen molar-refractivity contribution in [2.75, 3.05) is 9.80 Å². The lowest BCUT2D eigenvalue weighted by Crippen LogP contribution is -2.23. The van der Waals surface area contributed by atoms with E-state index in [2.05, 4.69) is 161 Å². The summed E-state index contributed by atoms with van der Waals surface area (Å²) in [6.45, 7) is 0. The van der Waals surface area contributed by atoms with Gasteiger partial charge in [0.2, 0.25) is 0 Å². The quantitative estimate of drug-likeness (QED) is 0.166. The molecule has 0 saturated heterocycles. The second-order valence-electron chi connectivity index (χ2n) is 16.0. The van der Waals surface area contributed by atoms with Crippen LogP contribution in [0.15, 0.2) is 200 Å². The molecule has 0 saturated carbocycles. The van der Waals surface area contributed by atoms with Crippen LogP contribution in [0.4, 0.5) is 42.9 Å². The maximum atomic E-state index is 16.5. The fourth-order valence-electron chi connectivity index (χ4n) is 10.2. The van der Waals surface area contributed by atoms with Crippen LogP contribution in [0.3, 0.4) is 0 Å². The van der Waals surface area contributed by atoms with Crippen molar-refractivity contribution in [2.45, 2.75) is 5.41 Å². The lowest BCUT2D eigenvalue weighted by atomic mass is 9.73. The SMILES string of the molecule is Cn1c2ccccc2c2ccc(N(c3ccccc3F)c3cc4c(c5ccccc35)-c3ccc(N(c5ccccc5)c5cccc(F)c5)cc3C43C=Cc4ccccc43)cc21.